The molecule has 0 saturated carbocycles. The van der Waals surface area contributed by atoms with E-state index in [1.807, 2.05) is 24.3 Å². The number of carbonyl (C=O) groups is 1. The lowest BCUT2D eigenvalue weighted by atomic mass is 10.1. The van der Waals surface area contributed by atoms with Gasteiger partial charge in [-0.3, -0.25) is 9.48 Å². The van der Waals surface area contributed by atoms with Gasteiger partial charge in [0.2, 0.25) is 15.9 Å². The van der Waals surface area contributed by atoms with Crippen LogP contribution in [0.3, 0.4) is 0 Å². The number of rotatable bonds is 5. The highest BCUT2D eigenvalue weighted by Crippen LogP contribution is 2.17. The van der Waals surface area contributed by atoms with Crippen molar-refractivity contribution in [3.63, 3.8) is 0 Å². The third kappa shape index (κ3) is 4.39. The maximum Gasteiger partial charge on any atom is 0.224 e. The fourth-order valence-electron chi connectivity index (χ4n) is 2.74. The van der Waals surface area contributed by atoms with E-state index in [0.29, 0.717) is 36.9 Å². The second-order valence-corrected chi connectivity index (χ2v) is 8.38. The molecule has 1 aliphatic heterocycles. The molecular formula is C16H19ClN4O3S. The molecule has 1 aliphatic rings. The summed E-state index contributed by atoms with van der Waals surface area (Å²) < 4.78 is 26.5. The molecule has 0 fully saturated rings. The predicted octanol–water partition coefficient (Wildman–Crippen LogP) is 1.17. The summed E-state index contributed by atoms with van der Waals surface area (Å²) in [6, 6.07) is 9.05. The fraction of sp³-hybridized carbons (Fsp3) is 0.375. The SMILES string of the molecule is CS(=O)(=O)N1CCn2nc(CNC(=O)Cc3ccccc3Cl)cc2C1. The average molecular weight is 383 g/mol. The Morgan fingerprint density at radius 3 is 2.80 bits per heavy atom. The summed E-state index contributed by atoms with van der Waals surface area (Å²) in [4.78, 5) is 12.1. The molecule has 0 unspecified atom stereocenters. The zero-order chi connectivity index (χ0) is 18.0. The monoisotopic (exact) mass is 382 g/mol. The minimum Gasteiger partial charge on any atom is -0.350 e. The molecule has 9 heteroatoms. The van der Waals surface area contributed by atoms with Gasteiger partial charge >= 0.3 is 0 Å². The van der Waals surface area contributed by atoms with Crippen LogP contribution in [0.2, 0.25) is 5.02 Å². The molecule has 2 aromatic rings. The standard InChI is InChI=1S/C16H19ClN4O3S/c1-25(23,24)20-6-7-21-14(11-20)9-13(19-21)10-18-16(22)8-12-4-2-3-5-15(12)17/h2-5,9H,6-8,10-11H2,1H3,(H,18,22). The number of nitrogens with zero attached hydrogens (tertiary/aromatic N) is 3. The first-order valence-electron chi connectivity index (χ1n) is 7.84. The van der Waals surface area contributed by atoms with Gasteiger partial charge < -0.3 is 5.32 Å². The lowest BCUT2D eigenvalue weighted by Crippen LogP contribution is -2.37. The first-order valence-corrected chi connectivity index (χ1v) is 10.1. The van der Waals surface area contributed by atoms with E-state index in [1.165, 1.54) is 10.6 Å². The van der Waals surface area contributed by atoms with Crippen molar-refractivity contribution in [2.24, 2.45) is 0 Å². The lowest BCUT2D eigenvalue weighted by Gasteiger charge is -2.25. The number of hydrogen-bond acceptors (Lipinski definition) is 4. The first kappa shape index (κ1) is 17.9. The van der Waals surface area contributed by atoms with E-state index in [1.54, 1.807) is 10.7 Å². The van der Waals surface area contributed by atoms with Gasteiger partial charge in [0.15, 0.2) is 0 Å². The summed E-state index contributed by atoms with van der Waals surface area (Å²) >= 11 is 6.06. The molecule has 0 radical (unpaired) electrons. The van der Waals surface area contributed by atoms with E-state index in [-0.39, 0.29) is 12.3 Å². The minimum absolute atomic E-state index is 0.142. The molecule has 1 amide bonds. The van der Waals surface area contributed by atoms with Gasteiger partial charge in [-0.05, 0) is 17.7 Å². The normalized spacial score (nSPS) is 15.0. The van der Waals surface area contributed by atoms with Crippen LogP contribution in [0.1, 0.15) is 17.0 Å². The topological polar surface area (TPSA) is 84.3 Å². The van der Waals surface area contributed by atoms with Crippen molar-refractivity contribution in [3.8, 4) is 0 Å². The Kier molecular flexibility index (Phi) is 5.12. The second-order valence-electron chi connectivity index (χ2n) is 5.99. The van der Waals surface area contributed by atoms with Crippen LogP contribution in [0.15, 0.2) is 30.3 Å². The molecule has 2 heterocycles. The van der Waals surface area contributed by atoms with Gasteiger partial charge in [-0.1, -0.05) is 29.8 Å². The molecule has 0 atom stereocenters. The number of aromatic nitrogens is 2. The average Bonchev–Trinajstić information content (AvgIpc) is 2.96. The number of halogens is 1. The molecule has 1 aromatic heterocycles. The van der Waals surface area contributed by atoms with E-state index in [9.17, 15) is 13.2 Å². The molecule has 0 saturated heterocycles. The van der Waals surface area contributed by atoms with Gasteiger partial charge in [-0.2, -0.15) is 9.40 Å². The van der Waals surface area contributed by atoms with Gasteiger partial charge in [0, 0.05) is 11.6 Å². The van der Waals surface area contributed by atoms with Crippen molar-refractivity contribution < 1.29 is 13.2 Å². The highest BCUT2D eigenvalue weighted by Gasteiger charge is 2.24. The molecule has 7 nitrogen and oxygen atoms in total. The molecule has 25 heavy (non-hydrogen) atoms. The lowest BCUT2D eigenvalue weighted by molar-refractivity contribution is -0.120. The van der Waals surface area contributed by atoms with Gasteiger partial charge in [-0.15, -0.1) is 0 Å². The number of nitrogens with one attached hydrogen (secondary N) is 1. The van der Waals surface area contributed by atoms with E-state index in [2.05, 4.69) is 10.4 Å². The number of hydrogen-bond donors (Lipinski definition) is 1. The molecule has 0 aliphatic carbocycles. The summed E-state index contributed by atoms with van der Waals surface area (Å²) in [5.74, 6) is -0.142. The Bertz CT molecular complexity index is 895. The number of amides is 1. The van der Waals surface area contributed by atoms with Gasteiger partial charge in [0.05, 0.1) is 43.7 Å². The Morgan fingerprint density at radius 2 is 2.08 bits per heavy atom. The van der Waals surface area contributed by atoms with E-state index < -0.39 is 10.0 Å². The quantitative estimate of drug-likeness (QED) is 0.841. The summed E-state index contributed by atoms with van der Waals surface area (Å²) in [5.41, 5.74) is 2.31. The number of fused-ring (bicyclic) bond motifs is 1. The van der Waals surface area contributed by atoms with Crippen molar-refractivity contribution in [3.05, 3.63) is 52.3 Å². The Balaban J connectivity index is 1.59. The zero-order valence-electron chi connectivity index (χ0n) is 13.8. The maximum absolute atomic E-state index is 12.1. The van der Waals surface area contributed by atoms with Crippen LogP contribution < -0.4 is 5.32 Å². The Labute approximate surface area is 151 Å². The summed E-state index contributed by atoms with van der Waals surface area (Å²) in [7, 11) is -3.21. The van der Waals surface area contributed by atoms with Gasteiger partial charge in [0.25, 0.3) is 0 Å². The summed E-state index contributed by atoms with van der Waals surface area (Å²) in [6.45, 7) is 1.52. The van der Waals surface area contributed by atoms with Crippen LogP contribution in [-0.2, 0) is 40.9 Å². The van der Waals surface area contributed by atoms with Crippen molar-refractivity contribution in [1.82, 2.24) is 19.4 Å². The number of sulfonamides is 1. The molecular weight excluding hydrogens is 364 g/mol. The third-order valence-electron chi connectivity index (χ3n) is 4.06. The van der Waals surface area contributed by atoms with Crippen molar-refractivity contribution in [2.75, 3.05) is 12.8 Å². The van der Waals surface area contributed by atoms with Crippen LogP contribution in [0.4, 0.5) is 0 Å². The van der Waals surface area contributed by atoms with Gasteiger partial charge in [0.1, 0.15) is 0 Å². The van der Waals surface area contributed by atoms with Crippen molar-refractivity contribution in [1.29, 1.82) is 0 Å². The molecule has 3 rings (SSSR count). The van der Waals surface area contributed by atoms with Crippen LogP contribution in [0.25, 0.3) is 0 Å². The molecule has 1 N–H and O–H groups in total. The molecule has 0 bridgehead atoms. The highest BCUT2D eigenvalue weighted by molar-refractivity contribution is 7.88. The first-order chi connectivity index (χ1) is 11.8. The smallest absolute Gasteiger partial charge is 0.224 e. The number of benzene rings is 1. The van der Waals surface area contributed by atoms with E-state index >= 15 is 0 Å². The Morgan fingerprint density at radius 1 is 1.32 bits per heavy atom. The third-order valence-corrected chi connectivity index (χ3v) is 5.68. The second kappa shape index (κ2) is 7.15. The fourth-order valence-corrected chi connectivity index (χ4v) is 3.72. The molecule has 1 aromatic carbocycles. The van der Waals surface area contributed by atoms with Crippen molar-refractivity contribution in [2.45, 2.75) is 26.1 Å². The minimum atomic E-state index is -3.21. The molecule has 134 valence electrons. The van der Waals surface area contributed by atoms with E-state index in [4.69, 9.17) is 11.6 Å². The van der Waals surface area contributed by atoms with Crippen molar-refractivity contribution >= 4 is 27.5 Å². The predicted molar refractivity (Wildman–Crippen MR) is 94.5 cm³/mol. The van der Waals surface area contributed by atoms with E-state index in [0.717, 1.165) is 11.3 Å². The van der Waals surface area contributed by atoms with Crippen LogP contribution in [0.5, 0.6) is 0 Å². The highest BCUT2D eigenvalue weighted by atomic mass is 35.5. The maximum atomic E-state index is 12.1. The number of carbonyl (C=O) groups excluding carboxylic acids is 1. The van der Waals surface area contributed by atoms with Gasteiger partial charge in [-0.25, -0.2) is 8.42 Å². The summed E-state index contributed by atoms with van der Waals surface area (Å²) in [5, 5.41) is 7.80. The largest absolute Gasteiger partial charge is 0.350 e. The van der Waals surface area contributed by atoms with Crippen LogP contribution in [-0.4, -0.2) is 41.2 Å². The summed E-state index contributed by atoms with van der Waals surface area (Å²) in [6.07, 6.45) is 1.41. The Hall–Kier alpha value is -1.90. The molecule has 0 spiro atoms. The zero-order valence-corrected chi connectivity index (χ0v) is 15.3. The van der Waals surface area contributed by atoms with Crippen LogP contribution >= 0.6 is 11.6 Å². The van der Waals surface area contributed by atoms with Crippen LogP contribution in [0, 0.1) is 0 Å².